The lowest BCUT2D eigenvalue weighted by molar-refractivity contribution is -0.156. The largest absolute Gasteiger partial charge is 0.452 e. The van der Waals surface area contributed by atoms with Gasteiger partial charge in [-0.3, -0.25) is 4.79 Å². The van der Waals surface area contributed by atoms with Gasteiger partial charge in [0.25, 0.3) is 5.91 Å². The summed E-state index contributed by atoms with van der Waals surface area (Å²) in [5.74, 6) is -0.744. The Kier molecular flexibility index (Phi) is 3.72. The molecule has 0 spiro atoms. The molecule has 0 aromatic carbocycles. The van der Waals surface area contributed by atoms with E-state index in [2.05, 4.69) is 15.0 Å². The molecule has 1 aliphatic carbocycles. The predicted octanol–water partition coefficient (Wildman–Crippen LogP) is 3.87. The van der Waals surface area contributed by atoms with Crippen molar-refractivity contribution in [2.45, 2.75) is 25.9 Å². The maximum Gasteiger partial charge on any atom is 0.452 e. The molecule has 0 saturated heterocycles. The molecule has 0 unspecified atom stereocenters. The van der Waals surface area contributed by atoms with Crippen LogP contribution in [-0.2, 0) is 6.18 Å². The first-order valence-corrected chi connectivity index (χ1v) is 7.60. The van der Waals surface area contributed by atoms with Crippen molar-refractivity contribution in [3.05, 3.63) is 28.3 Å². The van der Waals surface area contributed by atoms with Crippen molar-refractivity contribution in [3.63, 3.8) is 0 Å². The molecule has 118 valence electrons. The zero-order valence-corrected chi connectivity index (χ0v) is 12.5. The lowest BCUT2D eigenvalue weighted by Crippen LogP contribution is -2.24. The van der Waals surface area contributed by atoms with Crippen LogP contribution in [0.15, 0.2) is 16.7 Å². The fourth-order valence-electron chi connectivity index (χ4n) is 2.06. The molecule has 1 saturated carbocycles. The summed E-state index contributed by atoms with van der Waals surface area (Å²) in [5.41, 5.74) is 0.0536. The minimum Gasteiger partial charge on any atom is -0.351 e. The Morgan fingerprint density at radius 3 is 2.77 bits per heavy atom. The Morgan fingerprint density at radius 1 is 1.45 bits per heavy atom. The Labute approximate surface area is 128 Å². The summed E-state index contributed by atoms with van der Waals surface area (Å²) in [7, 11) is 0. The SMILES string of the molecule is Cc1c(-c2ccc(C(=O)NCC3CC3)s2)noc1C(F)(F)F. The molecule has 4 nitrogen and oxygen atoms in total. The van der Waals surface area contributed by atoms with Gasteiger partial charge in [0.2, 0.25) is 5.76 Å². The van der Waals surface area contributed by atoms with Crippen LogP contribution in [0.4, 0.5) is 13.2 Å². The van der Waals surface area contributed by atoms with Crippen LogP contribution in [0.2, 0.25) is 0 Å². The number of hydrogen-bond acceptors (Lipinski definition) is 4. The minimum atomic E-state index is -4.57. The second-order valence-corrected chi connectivity index (χ2v) is 6.38. The number of hydrogen-bond donors (Lipinski definition) is 1. The third-order valence-electron chi connectivity index (χ3n) is 3.49. The summed E-state index contributed by atoms with van der Waals surface area (Å²) in [6.07, 6.45) is -2.31. The molecular weight excluding hydrogens is 317 g/mol. The minimum absolute atomic E-state index is 0.0701. The molecule has 1 aliphatic rings. The predicted molar refractivity (Wildman–Crippen MR) is 74.6 cm³/mol. The van der Waals surface area contributed by atoms with Gasteiger partial charge in [0, 0.05) is 12.1 Å². The van der Waals surface area contributed by atoms with Crippen LogP contribution in [0.3, 0.4) is 0 Å². The molecule has 1 amide bonds. The number of nitrogens with one attached hydrogen (secondary N) is 1. The van der Waals surface area contributed by atoms with Gasteiger partial charge in [-0.15, -0.1) is 11.3 Å². The van der Waals surface area contributed by atoms with Crippen LogP contribution < -0.4 is 5.32 Å². The number of nitrogens with zero attached hydrogens (tertiary/aromatic N) is 1. The normalized spacial score (nSPS) is 15.1. The standard InChI is InChI=1S/C14H13F3N2O2S/c1-7-11(19-21-12(7)14(15,16)17)9-4-5-10(22-9)13(20)18-6-8-2-3-8/h4-5,8H,2-3,6H2,1H3,(H,18,20). The van der Waals surface area contributed by atoms with E-state index in [9.17, 15) is 18.0 Å². The summed E-state index contributed by atoms with van der Waals surface area (Å²) in [6.45, 7) is 1.95. The van der Waals surface area contributed by atoms with E-state index >= 15 is 0 Å². The van der Waals surface area contributed by atoms with E-state index in [1.165, 1.54) is 6.92 Å². The highest BCUT2D eigenvalue weighted by atomic mass is 32.1. The van der Waals surface area contributed by atoms with Crippen LogP contribution in [0.5, 0.6) is 0 Å². The van der Waals surface area contributed by atoms with Crippen LogP contribution >= 0.6 is 11.3 Å². The van der Waals surface area contributed by atoms with Crippen LogP contribution in [0.1, 0.15) is 33.8 Å². The van der Waals surface area contributed by atoms with Gasteiger partial charge in [-0.1, -0.05) is 5.16 Å². The number of aromatic nitrogens is 1. The number of rotatable bonds is 4. The van der Waals surface area contributed by atoms with Crippen molar-refractivity contribution in [3.8, 4) is 10.6 Å². The first-order chi connectivity index (χ1) is 10.4. The molecule has 3 rings (SSSR count). The average molecular weight is 330 g/mol. The summed E-state index contributed by atoms with van der Waals surface area (Å²) in [5, 5.41) is 6.31. The van der Waals surface area contributed by atoms with E-state index in [-0.39, 0.29) is 17.2 Å². The highest BCUT2D eigenvalue weighted by Crippen LogP contribution is 2.38. The highest BCUT2D eigenvalue weighted by molar-refractivity contribution is 7.17. The molecule has 0 bridgehead atoms. The zero-order chi connectivity index (χ0) is 15.9. The van der Waals surface area contributed by atoms with E-state index in [0.717, 1.165) is 24.2 Å². The highest BCUT2D eigenvalue weighted by Gasteiger charge is 2.39. The molecule has 1 fully saturated rings. The van der Waals surface area contributed by atoms with Crippen LogP contribution in [0.25, 0.3) is 10.6 Å². The Hall–Kier alpha value is -1.83. The molecule has 8 heteroatoms. The van der Waals surface area contributed by atoms with Gasteiger partial charge < -0.3 is 9.84 Å². The van der Waals surface area contributed by atoms with Gasteiger partial charge in [0.15, 0.2) is 0 Å². The van der Waals surface area contributed by atoms with Crippen molar-refractivity contribution in [1.82, 2.24) is 10.5 Å². The van der Waals surface area contributed by atoms with E-state index in [0.29, 0.717) is 22.2 Å². The zero-order valence-electron chi connectivity index (χ0n) is 11.7. The Morgan fingerprint density at radius 2 is 2.18 bits per heavy atom. The van der Waals surface area contributed by atoms with Crippen LogP contribution in [0, 0.1) is 12.8 Å². The van der Waals surface area contributed by atoms with E-state index in [1.54, 1.807) is 12.1 Å². The molecule has 0 radical (unpaired) electrons. The van der Waals surface area contributed by atoms with Crippen molar-refractivity contribution in [2.75, 3.05) is 6.54 Å². The third-order valence-corrected chi connectivity index (χ3v) is 4.58. The average Bonchev–Trinajstić information content (AvgIpc) is 2.98. The Balaban J connectivity index is 1.78. The number of thiophene rings is 1. The number of carbonyl (C=O) groups excluding carboxylic acids is 1. The number of carbonyl (C=O) groups is 1. The number of halogens is 3. The molecular formula is C14H13F3N2O2S. The monoisotopic (exact) mass is 330 g/mol. The maximum absolute atomic E-state index is 12.7. The molecule has 2 aromatic heterocycles. The van der Waals surface area contributed by atoms with Gasteiger partial charge in [0.05, 0.1) is 9.75 Å². The van der Waals surface area contributed by atoms with Gasteiger partial charge >= 0.3 is 6.18 Å². The summed E-state index contributed by atoms with van der Waals surface area (Å²) >= 11 is 1.10. The number of amides is 1. The summed E-state index contributed by atoms with van der Waals surface area (Å²) < 4.78 is 42.5. The quantitative estimate of drug-likeness (QED) is 0.926. The first kappa shape index (κ1) is 15.1. The molecule has 0 aliphatic heterocycles. The molecule has 2 aromatic rings. The molecule has 2 heterocycles. The van der Waals surface area contributed by atoms with E-state index in [4.69, 9.17) is 0 Å². The van der Waals surface area contributed by atoms with Crippen molar-refractivity contribution in [1.29, 1.82) is 0 Å². The molecule has 22 heavy (non-hydrogen) atoms. The fraction of sp³-hybridized carbons (Fsp3) is 0.429. The molecule has 1 N–H and O–H groups in total. The van der Waals surface area contributed by atoms with E-state index < -0.39 is 11.9 Å². The summed E-state index contributed by atoms with van der Waals surface area (Å²) in [4.78, 5) is 12.9. The third kappa shape index (κ3) is 3.01. The van der Waals surface area contributed by atoms with Crippen LogP contribution in [-0.4, -0.2) is 17.6 Å². The van der Waals surface area contributed by atoms with Crippen molar-refractivity contribution >= 4 is 17.2 Å². The smallest absolute Gasteiger partial charge is 0.351 e. The summed E-state index contributed by atoms with van der Waals surface area (Å²) in [6, 6.07) is 3.17. The topological polar surface area (TPSA) is 55.1 Å². The van der Waals surface area contributed by atoms with Crippen molar-refractivity contribution < 1.29 is 22.5 Å². The molecule has 0 atom stereocenters. The second-order valence-electron chi connectivity index (χ2n) is 5.30. The fourth-order valence-corrected chi connectivity index (χ4v) is 3.02. The van der Waals surface area contributed by atoms with Gasteiger partial charge in [-0.2, -0.15) is 13.2 Å². The van der Waals surface area contributed by atoms with Gasteiger partial charge in [0.1, 0.15) is 5.69 Å². The Bertz CT molecular complexity index is 701. The first-order valence-electron chi connectivity index (χ1n) is 6.78. The number of alkyl halides is 3. The van der Waals surface area contributed by atoms with Gasteiger partial charge in [-0.25, -0.2) is 0 Å². The van der Waals surface area contributed by atoms with Crippen molar-refractivity contribution in [2.24, 2.45) is 5.92 Å². The van der Waals surface area contributed by atoms with E-state index in [1.807, 2.05) is 0 Å². The second kappa shape index (κ2) is 5.42. The maximum atomic E-state index is 12.7. The van der Waals surface area contributed by atoms with Gasteiger partial charge in [-0.05, 0) is 37.8 Å². The lowest BCUT2D eigenvalue weighted by Gasteiger charge is -2.01. The lowest BCUT2D eigenvalue weighted by atomic mass is 10.2.